The highest BCUT2D eigenvalue weighted by molar-refractivity contribution is 5.64. The third kappa shape index (κ3) is 5.94. The van der Waals surface area contributed by atoms with Gasteiger partial charge < -0.3 is 9.47 Å². The molecule has 0 atom stereocenters. The molecule has 0 aromatic heterocycles. The van der Waals surface area contributed by atoms with Gasteiger partial charge in [-0.1, -0.05) is 62.2 Å². The molecule has 0 saturated heterocycles. The van der Waals surface area contributed by atoms with Crippen molar-refractivity contribution in [1.82, 2.24) is 0 Å². The van der Waals surface area contributed by atoms with E-state index in [1.807, 2.05) is 24.3 Å². The topological polar surface area (TPSA) is 18.5 Å². The number of aryl methyl sites for hydroxylation is 1. The fraction of sp³-hybridized carbons (Fsp3) is 0.259. The predicted molar refractivity (Wildman–Crippen MR) is 121 cm³/mol. The highest BCUT2D eigenvalue weighted by Crippen LogP contribution is 2.29. The molecule has 0 unspecified atom stereocenters. The largest absolute Gasteiger partial charge is 0.486 e. The summed E-state index contributed by atoms with van der Waals surface area (Å²) >= 11 is 0. The van der Waals surface area contributed by atoms with Crippen molar-refractivity contribution in [3.8, 4) is 22.6 Å². The van der Waals surface area contributed by atoms with Crippen LogP contribution in [-0.2, 0) is 13.0 Å². The molecule has 0 N–H and O–H groups in total. The van der Waals surface area contributed by atoms with Gasteiger partial charge in [0, 0.05) is 5.56 Å². The first-order valence-corrected chi connectivity index (χ1v) is 10.8. The lowest BCUT2D eigenvalue weighted by molar-refractivity contribution is 0.281. The summed E-state index contributed by atoms with van der Waals surface area (Å²) in [5, 5.41) is 0. The van der Waals surface area contributed by atoms with Gasteiger partial charge in [0.1, 0.15) is 12.4 Å². The minimum absolute atomic E-state index is 0.0982. The molecule has 0 aliphatic rings. The van der Waals surface area contributed by atoms with E-state index in [2.05, 4.69) is 6.92 Å². The van der Waals surface area contributed by atoms with Gasteiger partial charge >= 0.3 is 0 Å². The summed E-state index contributed by atoms with van der Waals surface area (Å²) in [6.07, 6.45) is 7.35. The summed E-state index contributed by atoms with van der Waals surface area (Å²) in [6.45, 7) is 3.77. The Morgan fingerprint density at radius 2 is 1.50 bits per heavy atom. The number of ether oxygens (including phenoxy) is 2. The number of allylic oxidation sites excluding steroid dienone is 1. The second kappa shape index (κ2) is 11.4. The van der Waals surface area contributed by atoms with Crippen molar-refractivity contribution in [2.24, 2.45) is 0 Å². The van der Waals surface area contributed by atoms with Gasteiger partial charge in [-0.05, 0) is 54.7 Å². The third-order valence-corrected chi connectivity index (χ3v) is 5.10. The summed E-state index contributed by atoms with van der Waals surface area (Å²) < 4.78 is 53.3. The highest BCUT2D eigenvalue weighted by atomic mass is 19.2. The van der Waals surface area contributed by atoms with Gasteiger partial charge in [-0.15, -0.1) is 0 Å². The van der Waals surface area contributed by atoms with E-state index in [0.717, 1.165) is 18.4 Å². The van der Waals surface area contributed by atoms with Crippen LogP contribution in [0.5, 0.6) is 11.5 Å². The Balaban J connectivity index is 1.66. The Bertz CT molecular complexity index is 1060. The molecule has 5 heteroatoms. The summed E-state index contributed by atoms with van der Waals surface area (Å²) in [5.41, 5.74) is 3.02. The van der Waals surface area contributed by atoms with Crippen molar-refractivity contribution in [1.29, 1.82) is 0 Å². The zero-order chi connectivity index (χ0) is 22.9. The van der Waals surface area contributed by atoms with E-state index in [9.17, 15) is 13.2 Å². The Kier molecular flexibility index (Phi) is 8.37. The average Bonchev–Trinajstić information content (AvgIpc) is 2.80. The number of unbranched alkanes of at least 4 members (excludes halogenated alkanes) is 2. The Morgan fingerprint density at radius 3 is 2.19 bits per heavy atom. The number of hydrogen-bond donors (Lipinski definition) is 0. The molecule has 3 aromatic rings. The molecule has 0 radical (unpaired) electrons. The maximum Gasteiger partial charge on any atom is 0.205 e. The molecule has 0 heterocycles. The molecule has 2 nitrogen and oxygen atoms in total. The summed E-state index contributed by atoms with van der Waals surface area (Å²) in [6, 6.07) is 15.2. The molecule has 3 aromatic carbocycles. The number of benzene rings is 3. The monoisotopic (exact) mass is 440 g/mol. The first kappa shape index (κ1) is 23.5. The van der Waals surface area contributed by atoms with E-state index < -0.39 is 17.5 Å². The zero-order valence-corrected chi connectivity index (χ0v) is 18.3. The quantitative estimate of drug-likeness (QED) is 0.235. The molecule has 0 spiro atoms. The SMILES string of the molecule is C/C=C/Oc1ccc(OCc2ccc(-c3ccc(CCCCC)cc3)c(F)c2)c(F)c1F. The van der Waals surface area contributed by atoms with Crippen molar-refractivity contribution in [2.75, 3.05) is 0 Å². The first-order valence-electron chi connectivity index (χ1n) is 10.8. The maximum atomic E-state index is 14.7. The standard InChI is InChI=1S/C27H27F3O2/c1-3-5-6-7-19-8-11-21(12-9-19)22-13-10-20(17-23(22)28)18-32-25-15-14-24(31-16-4-2)26(29)27(25)30/h4,8-17H,3,5-7,18H2,1-2H3/b16-4+. The predicted octanol–water partition coefficient (Wildman–Crippen LogP) is 8.00. The molecule has 0 aliphatic heterocycles. The van der Waals surface area contributed by atoms with Gasteiger partial charge in [0.15, 0.2) is 11.5 Å². The van der Waals surface area contributed by atoms with Crippen LogP contribution in [0.15, 0.2) is 66.9 Å². The normalized spacial score (nSPS) is 11.2. The average molecular weight is 441 g/mol. The second-order valence-electron chi connectivity index (χ2n) is 7.53. The van der Waals surface area contributed by atoms with E-state index in [1.165, 1.54) is 42.9 Å². The van der Waals surface area contributed by atoms with Crippen LogP contribution < -0.4 is 9.47 Å². The minimum atomic E-state index is -1.15. The lowest BCUT2D eigenvalue weighted by Crippen LogP contribution is -2.01. The van der Waals surface area contributed by atoms with Gasteiger partial charge in [0.05, 0.1) is 6.26 Å². The van der Waals surface area contributed by atoms with Crippen molar-refractivity contribution in [3.63, 3.8) is 0 Å². The molecule has 0 saturated carbocycles. The molecule has 0 amide bonds. The molecular formula is C27H27F3O2. The van der Waals surface area contributed by atoms with Crippen LogP contribution >= 0.6 is 0 Å². The molecule has 168 valence electrons. The van der Waals surface area contributed by atoms with E-state index >= 15 is 0 Å². The molecule has 0 aliphatic carbocycles. The fourth-order valence-electron chi connectivity index (χ4n) is 3.33. The van der Waals surface area contributed by atoms with Crippen LogP contribution in [-0.4, -0.2) is 0 Å². The number of rotatable bonds is 10. The van der Waals surface area contributed by atoms with Crippen LogP contribution in [0.4, 0.5) is 13.2 Å². The van der Waals surface area contributed by atoms with Crippen LogP contribution in [0, 0.1) is 17.5 Å². The van der Waals surface area contributed by atoms with Crippen LogP contribution in [0.2, 0.25) is 0 Å². The summed E-state index contributed by atoms with van der Waals surface area (Å²) in [4.78, 5) is 0. The van der Waals surface area contributed by atoms with Crippen LogP contribution in [0.1, 0.15) is 44.2 Å². The number of halogens is 3. The van der Waals surface area contributed by atoms with Crippen molar-refractivity contribution >= 4 is 0 Å². The fourth-order valence-corrected chi connectivity index (χ4v) is 3.33. The second-order valence-corrected chi connectivity index (χ2v) is 7.53. The highest BCUT2D eigenvalue weighted by Gasteiger charge is 2.16. The lowest BCUT2D eigenvalue weighted by atomic mass is 10.00. The third-order valence-electron chi connectivity index (χ3n) is 5.10. The van der Waals surface area contributed by atoms with Crippen molar-refractivity contribution in [2.45, 2.75) is 46.1 Å². The summed E-state index contributed by atoms with van der Waals surface area (Å²) in [7, 11) is 0. The minimum Gasteiger partial charge on any atom is -0.486 e. The van der Waals surface area contributed by atoms with E-state index in [1.54, 1.807) is 25.1 Å². The van der Waals surface area contributed by atoms with Gasteiger partial charge in [-0.2, -0.15) is 8.78 Å². The van der Waals surface area contributed by atoms with Gasteiger partial charge in [0.2, 0.25) is 11.6 Å². The maximum absolute atomic E-state index is 14.7. The Morgan fingerprint density at radius 1 is 0.812 bits per heavy atom. The molecule has 32 heavy (non-hydrogen) atoms. The van der Waals surface area contributed by atoms with E-state index in [0.29, 0.717) is 11.1 Å². The zero-order valence-electron chi connectivity index (χ0n) is 18.3. The first-order chi connectivity index (χ1) is 15.5. The Labute approximate surface area is 187 Å². The summed E-state index contributed by atoms with van der Waals surface area (Å²) in [5.74, 6) is -3.19. The lowest BCUT2D eigenvalue weighted by Gasteiger charge is -2.11. The van der Waals surface area contributed by atoms with Crippen molar-refractivity contribution in [3.05, 3.63) is 95.5 Å². The van der Waals surface area contributed by atoms with Gasteiger partial charge in [-0.25, -0.2) is 4.39 Å². The molecular weight excluding hydrogens is 413 g/mol. The molecule has 0 bridgehead atoms. The van der Waals surface area contributed by atoms with Gasteiger partial charge in [-0.3, -0.25) is 0 Å². The van der Waals surface area contributed by atoms with Crippen molar-refractivity contribution < 1.29 is 22.6 Å². The van der Waals surface area contributed by atoms with Crippen LogP contribution in [0.3, 0.4) is 0 Å². The Hall–Kier alpha value is -3.21. The number of hydrogen-bond acceptors (Lipinski definition) is 2. The van der Waals surface area contributed by atoms with E-state index in [4.69, 9.17) is 9.47 Å². The van der Waals surface area contributed by atoms with Gasteiger partial charge in [0.25, 0.3) is 0 Å². The molecule has 3 rings (SSSR count). The van der Waals surface area contributed by atoms with E-state index in [-0.39, 0.29) is 18.1 Å². The smallest absolute Gasteiger partial charge is 0.205 e. The molecule has 0 fully saturated rings. The van der Waals surface area contributed by atoms with Crippen LogP contribution in [0.25, 0.3) is 11.1 Å².